The van der Waals surface area contributed by atoms with Crippen molar-refractivity contribution in [3.63, 3.8) is 0 Å². The van der Waals surface area contributed by atoms with Gasteiger partial charge in [0.25, 0.3) is 0 Å². The van der Waals surface area contributed by atoms with Crippen LogP contribution in [-0.4, -0.2) is 23.0 Å². The van der Waals surface area contributed by atoms with Gasteiger partial charge in [-0.2, -0.15) is 0 Å². The maximum Gasteiger partial charge on any atom is 0.312 e. The topological polar surface area (TPSA) is 66.4 Å². The molecule has 2 N–H and O–H groups in total. The number of carboxylic acids is 1. The summed E-state index contributed by atoms with van der Waals surface area (Å²) in [5.74, 6) is -1.68. The fourth-order valence-corrected chi connectivity index (χ4v) is 1.04. The number of nitrogens with one attached hydrogen (secondary N) is 1. The van der Waals surface area contributed by atoms with Crippen LogP contribution in [0.5, 0.6) is 0 Å². The summed E-state index contributed by atoms with van der Waals surface area (Å²) in [6.45, 7) is 3.38. The van der Waals surface area contributed by atoms with E-state index in [9.17, 15) is 9.59 Å². The lowest BCUT2D eigenvalue weighted by molar-refractivity contribution is -0.143. The Hall–Kier alpha value is -1.32. The van der Waals surface area contributed by atoms with E-state index in [-0.39, 0.29) is 11.9 Å². The van der Waals surface area contributed by atoms with Crippen LogP contribution >= 0.6 is 0 Å². The van der Waals surface area contributed by atoms with Gasteiger partial charge >= 0.3 is 5.97 Å². The van der Waals surface area contributed by atoms with Crippen molar-refractivity contribution in [2.24, 2.45) is 5.92 Å². The number of amides is 1. The van der Waals surface area contributed by atoms with Gasteiger partial charge in [0, 0.05) is 6.42 Å². The molecule has 0 radical (unpaired) electrons. The molecule has 0 bridgehead atoms. The van der Waals surface area contributed by atoms with Crippen molar-refractivity contribution in [3.8, 4) is 0 Å². The maximum atomic E-state index is 10.4. The lowest BCUT2D eigenvalue weighted by Crippen LogP contribution is -2.54. The van der Waals surface area contributed by atoms with Crippen LogP contribution in [0.4, 0.5) is 0 Å². The van der Waals surface area contributed by atoms with Crippen LogP contribution in [0, 0.1) is 5.92 Å². The van der Waals surface area contributed by atoms with Crippen LogP contribution in [0.3, 0.4) is 0 Å². The maximum absolute atomic E-state index is 10.4. The monoisotopic (exact) mass is 155 g/mol. The first-order valence-electron chi connectivity index (χ1n) is 3.30. The number of rotatable bonds is 3. The predicted octanol–water partition coefficient (Wildman–Crippen LogP) is -0.238. The highest BCUT2D eigenvalue weighted by Crippen LogP contribution is 2.16. The zero-order valence-electron chi connectivity index (χ0n) is 5.91. The molecule has 2 atom stereocenters. The lowest BCUT2D eigenvalue weighted by Gasteiger charge is -2.30. The second-order valence-corrected chi connectivity index (χ2v) is 2.48. The van der Waals surface area contributed by atoms with Gasteiger partial charge in [0.2, 0.25) is 5.91 Å². The van der Waals surface area contributed by atoms with Crippen molar-refractivity contribution in [1.82, 2.24) is 5.32 Å². The Kier molecular flexibility index (Phi) is 1.94. The largest absolute Gasteiger partial charge is 0.481 e. The van der Waals surface area contributed by atoms with Crippen LogP contribution in [-0.2, 0) is 9.59 Å². The van der Waals surface area contributed by atoms with Gasteiger partial charge in [-0.1, -0.05) is 6.08 Å². The van der Waals surface area contributed by atoms with Gasteiger partial charge in [-0.15, -0.1) is 6.58 Å². The molecule has 1 amide bonds. The average molecular weight is 155 g/mol. The molecular weight excluding hydrogens is 146 g/mol. The predicted molar refractivity (Wildman–Crippen MR) is 37.9 cm³/mol. The van der Waals surface area contributed by atoms with Gasteiger partial charge in [-0.3, -0.25) is 9.59 Å². The van der Waals surface area contributed by atoms with Crippen LogP contribution in [0.25, 0.3) is 0 Å². The molecule has 0 spiro atoms. The second-order valence-electron chi connectivity index (χ2n) is 2.48. The van der Waals surface area contributed by atoms with E-state index in [1.165, 1.54) is 6.08 Å². The van der Waals surface area contributed by atoms with E-state index in [1.54, 1.807) is 0 Å². The van der Waals surface area contributed by atoms with Crippen molar-refractivity contribution in [3.05, 3.63) is 12.7 Å². The quantitative estimate of drug-likeness (QED) is 0.436. The SMILES string of the molecule is C=C[C@@H](C(=O)O)C1CC(=O)N1. The Morgan fingerprint density at radius 3 is 2.73 bits per heavy atom. The molecule has 1 aliphatic rings. The summed E-state index contributed by atoms with van der Waals surface area (Å²) in [5, 5.41) is 11.1. The molecular formula is C7H9NO3. The molecule has 1 unspecified atom stereocenters. The van der Waals surface area contributed by atoms with Gasteiger partial charge in [0.05, 0.1) is 12.0 Å². The molecule has 4 nitrogen and oxygen atoms in total. The number of carboxylic acid groups (broad SMARTS) is 1. The number of carbonyl (C=O) groups is 2. The van der Waals surface area contributed by atoms with E-state index < -0.39 is 11.9 Å². The van der Waals surface area contributed by atoms with Crippen molar-refractivity contribution < 1.29 is 14.7 Å². The molecule has 0 aliphatic carbocycles. The molecule has 1 heterocycles. The fraction of sp³-hybridized carbons (Fsp3) is 0.429. The molecule has 0 aromatic carbocycles. The average Bonchev–Trinajstić information content (AvgIpc) is 1.85. The Morgan fingerprint density at radius 1 is 1.91 bits per heavy atom. The first kappa shape index (κ1) is 7.78. The van der Waals surface area contributed by atoms with Gasteiger partial charge < -0.3 is 10.4 Å². The van der Waals surface area contributed by atoms with Crippen molar-refractivity contribution in [2.75, 3.05) is 0 Å². The van der Waals surface area contributed by atoms with Gasteiger partial charge in [0.1, 0.15) is 0 Å². The Labute approximate surface area is 63.9 Å². The summed E-state index contributed by atoms with van der Waals surface area (Å²) in [6.07, 6.45) is 1.63. The molecule has 1 aliphatic heterocycles. The van der Waals surface area contributed by atoms with Crippen molar-refractivity contribution in [1.29, 1.82) is 0 Å². The minimum atomic E-state index is -0.940. The standard InChI is InChI=1S/C7H9NO3/c1-2-4(7(10)11)5-3-6(9)8-5/h2,4-5H,1,3H2,(H,8,9)(H,10,11)/t4-,5?/m1/s1. The molecule has 1 saturated heterocycles. The summed E-state index contributed by atoms with van der Waals surface area (Å²) in [7, 11) is 0. The summed E-state index contributed by atoms with van der Waals surface area (Å²) >= 11 is 0. The van der Waals surface area contributed by atoms with Crippen LogP contribution in [0.15, 0.2) is 12.7 Å². The second kappa shape index (κ2) is 2.74. The Balaban J connectivity index is 2.50. The molecule has 60 valence electrons. The first-order chi connectivity index (χ1) is 5.15. The highest BCUT2D eigenvalue weighted by molar-refractivity contribution is 5.86. The fourth-order valence-electron chi connectivity index (χ4n) is 1.04. The minimum Gasteiger partial charge on any atom is -0.481 e. The van der Waals surface area contributed by atoms with E-state index in [1.807, 2.05) is 0 Å². The summed E-state index contributed by atoms with van der Waals surface area (Å²) in [6, 6.07) is -0.252. The molecule has 0 aromatic rings. The molecule has 0 saturated carbocycles. The van der Waals surface area contributed by atoms with Gasteiger partial charge in [-0.25, -0.2) is 0 Å². The summed E-state index contributed by atoms with van der Waals surface area (Å²) in [4.78, 5) is 20.9. The summed E-state index contributed by atoms with van der Waals surface area (Å²) < 4.78 is 0. The normalized spacial score (nSPS) is 24.7. The van der Waals surface area contributed by atoms with E-state index in [0.717, 1.165) is 0 Å². The number of β-lactam (4-membered cyclic amide) rings is 1. The third-order valence-electron chi connectivity index (χ3n) is 1.72. The zero-order valence-corrected chi connectivity index (χ0v) is 5.91. The van der Waals surface area contributed by atoms with E-state index >= 15 is 0 Å². The molecule has 0 aromatic heterocycles. The first-order valence-corrected chi connectivity index (χ1v) is 3.30. The van der Waals surface area contributed by atoms with Crippen LogP contribution in [0.1, 0.15) is 6.42 Å². The minimum absolute atomic E-state index is 0.0944. The number of hydrogen-bond acceptors (Lipinski definition) is 2. The number of hydrogen-bond donors (Lipinski definition) is 2. The Morgan fingerprint density at radius 2 is 2.45 bits per heavy atom. The summed E-state index contributed by atoms with van der Waals surface area (Å²) in [5.41, 5.74) is 0. The Bertz CT molecular complexity index is 204. The van der Waals surface area contributed by atoms with E-state index in [2.05, 4.69) is 11.9 Å². The zero-order chi connectivity index (χ0) is 8.43. The number of aliphatic carboxylic acids is 1. The molecule has 11 heavy (non-hydrogen) atoms. The lowest BCUT2D eigenvalue weighted by atomic mass is 9.91. The highest BCUT2D eigenvalue weighted by atomic mass is 16.4. The molecule has 1 rings (SSSR count). The van der Waals surface area contributed by atoms with E-state index in [4.69, 9.17) is 5.11 Å². The van der Waals surface area contributed by atoms with Crippen molar-refractivity contribution in [2.45, 2.75) is 12.5 Å². The van der Waals surface area contributed by atoms with Gasteiger partial charge in [0.15, 0.2) is 0 Å². The highest BCUT2D eigenvalue weighted by Gasteiger charge is 2.35. The van der Waals surface area contributed by atoms with Crippen molar-refractivity contribution >= 4 is 11.9 Å². The number of carbonyl (C=O) groups excluding carboxylic acids is 1. The molecule has 4 heteroatoms. The molecule has 1 fully saturated rings. The van der Waals surface area contributed by atoms with E-state index in [0.29, 0.717) is 6.42 Å². The smallest absolute Gasteiger partial charge is 0.312 e. The van der Waals surface area contributed by atoms with Crippen LogP contribution in [0.2, 0.25) is 0 Å². The van der Waals surface area contributed by atoms with Gasteiger partial charge in [-0.05, 0) is 0 Å². The third kappa shape index (κ3) is 1.39. The third-order valence-corrected chi connectivity index (χ3v) is 1.72. The van der Waals surface area contributed by atoms with Crippen LogP contribution < -0.4 is 5.32 Å².